The lowest BCUT2D eigenvalue weighted by molar-refractivity contribution is -0.142. The van der Waals surface area contributed by atoms with Crippen molar-refractivity contribution in [3.63, 3.8) is 0 Å². The standard InChI is InChI=1S/C41H40N6O5/c48-38(33-22-30-29-16-8-10-18-32(29)44-37(30)24-43-33)45-34(19-25-11-3-1-4-12-25)39(49)46-35(20-26-13-5-2-6-14-26)40(50)47-36(41(51)52)21-27-23-42-31-17-9-7-15-28(27)31/h1-18,23,33-36,42-44H,19-22,24H2,(H,45,48)(H,46,49)(H,47,50)(H,51,52)/t33-,34-,35-,36-/m0/s1. The molecule has 0 spiro atoms. The number of carbonyl (C=O) groups excluding carboxylic acids is 3. The third kappa shape index (κ3) is 7.74. The van der Waals surface area contributed by atoms with E-state index in [1.54, 1.807) is 6.20 Å². The second-order valence-electron chi connectivity index (χ2n) is 13.2. The number of carboxylic acid groups (broad SMARTS) is 1. The molecule has 0 bridgehead atoms. The van der Waals surface area contributed by atoms with Gasteiger partial charge in [0.1, 0.15) is 18.1 Å². The smallest absolute Gasteiger partial charge is 0.326 e. The number of H-pyrrole nitrogens is 2. The molecule has 3 heterocycles. The molecule has 6 aromatic rings. The predicted molar refractivity (Wildman–Crippen MR) is 198 cm³/mol. The zero-order valence-corrected chi connectivity index (χ0v) is 28.4. The Bertz CT molecular complexity index is 2210. The Labute approximate surface area is 300 Å². The maximum Gasteiger partial charge on any atom is 0.326 e. The van der Waals surface area contributed by atoms with Crippen LogP contribution in [-0.2, 0) is 51.4 Å². The molecule has 11 nitrogen and oxygen atoms in total. The van der Waals surface area contributed by atoms with Crippen LogP contribution in [0.25, 0.3) is 21.8 Å². The first kappa shape index (κ1) is 34.3. The van der Waals surface area contributed by atoms with Gasteiger partial charge in [0.05, 0.1) is 6.04 Å². The monoisotopic (exact) mass is 696 g/mol. The fraction of sp³-hybridized carbons (Fsp3) is 0.220. The van der Waals surface area contributed by atoms with Crippen LogP contribution in [0.4, 0.5) is 0 Å². The molecule has 7 N–H and O–H groups in total. The number of hydrogen-bond acceptors (Lipinski definition) is 5. The molecule has 3 amide bonds. The fourth-order valence-corrected chi connectivity index (χ4v) is 6.98. The molecule has 0 radical (unpaired) electrons. The van der Waals surface area contributed by atoms with Crippen LogP contribution >= 0.6 is 0 Å². The van der Waals surface area contributed by atoms with E-state index < -0.39 is 42.0 Å². The topological polar surface area (TPSA) is 168 Å². The first-order valence-corrected chi connectivity index (χ1v) is 17.4. The summed E-state index contributed by atoms with van der Waals surface area (Å²) in [5.74, 6) is -2.73. The summed E-state index contributed by atoms with van der Waals surface area (Å²) in [5, 5.41) is 23.9. The summed E-state index contributed by atoms with van der Waals surface area (Å²) in [6, 6.07) is 30.1. The van der Waals surface area contributed by atoms with E-state index in [2.05, 4.69) is 31.2 Å². The van der Waals surface area contributed by atoms with Crippen molar-refractivity contribution in [3.8, 4) is 0 Å². The largest absolute Gasteiger partial charge is 0.480 e. The van der Waals surface area contributed by atoms with Gasteiger partial charge in [-0.05, 0) is 40.8 Å². The highest BCUT2D eigenvalue weighted by Crippen LogP contribution is 2.26. The lowest BCUT2D eigenvalue weighted by Crippen LogP contribution is -2.59. The van der Waals surface area contributed by atoms with Crippen molar-refractivity contribution >= 4 is 45.5 Å². The van der Waals surface area contributed by atoms with Gasteiger partial charge in [-0.1, -0.05) is 97.1 Å². The molecule has 4 atom stereocenters. The van der Waals surface area contributed by atoms with E-state index in [9.17, 15) is 24.3 Å². The van der Waals surface area contributed by atoms with Gasteiger partial charge in [-0.3, -0.25) is 19.7 Å². The number of carbonyl (C=O) groups is 4. The molecule has 0 saturated heterocycles. The number of nitrogens with one attached hydrogen (secondary N) is 6. The number of amides is 3. The normalized spacial score (nSPS) is 15.7. The molecule has 52 heavy (non-hydrogen) atoms. The lowest BCUT2D eigenvalue weighted by atomic mass is 9.97. The number of aliphatic carboxylic acids is 1. The van der Waals surface area contributed by atoms with Crippen molar-refractivity contribution in [2.45, 2.75) is 56.4 Å². The number of fused-ring (bicyclic) bond motifs is 4. The zero-order valence-electron chi connectivity index (χ0n) is 28.4. The zero-order chi connectivity index (χ0) is 36.0. The van der Waals surface area contributed by atoms with Gasteiger partial charge < -0.3 is 31.0 Å². The third-order valence-corrected chi connectivity index (χ3v) is 9.70. The number of rotatable bonds is 13. The summed E-state index contributed by atoms with van der Waals surface area (Å²) in [6.07, 6.45) is 2.51. The van der Waals surface area contributed by atoms with Crippen LogP contribution in [0.2, 0.25) is 0 Å². The molecular weight excluding hydrogens is 656 g/mol. The first-order chi connectivity index (χ1) is 25.3. The van der Waals surface area contributed by atoms with Crippen molar-refractivity contribution in [3.05, 3.63) is 143 Å². The fourth-order valence-electron chi connectivity index (χ4n) is 6.98. The summed E-state index contributed by atoms with van der Waals surface area (Å²) in [5.41, 5.74) is 6.31. The minimum absolute atomic E-state index is 0.0380. The highest BCUT2D eigenvalue weighted by Gasteiger charge is 2.33. The molecule has 0 aliphatic carbocycles. The average Bonchev–Trinajstić information content (AvgIpc) is 3.75. The molecule has 0 fully saturated rings. The van der Waals surface area contributed by atoms with Crippen molar-refractivity contribution in [1.29, 1.82) is 0 Å². The molecule has 1 aliphatic rings. The summed E-state index contributed by atoms with van der Waals surface area (Å²) in [4.78, 5) is 61.0. The van der Waals surface area contributed by atoms with Crippen LogP contribution in [-0.4, -0.2) is 62.9 Å². The Kier molecular flexibility index (Phi) is 10.1. The Morgan fingerprint density at radius 2 is 1.21 bits per heavy atom. The van der Waals surface area contributed by atoms with Gasteiger partial charge in [-0.25, -0.2) is 4.79 Å². The Morgan fingerprint density at radius 1 is 0.654 bits per heavy atom. The van der Waals surface area contributed by atoms with Gasteiger partial charge in [0, 0.05) is 59.5 Å². The molecule has 4 aromatic carbocycles. The highest BCUT2D eigenvalue weighted by molar-refractivity contribution is 5.95. The number of hydrogen-bond donors (Lipinski definition) is 7. The molecule has 11 heteroatoms. The van der Waals surface area contributed by atoms with E-state index in [4.69, 9.17) is 0 Å². The number of aromatic amines is 2. The summed E-state index contributed by atoms with van der Waals surface area (Å²) in [6.45, 7) is 0.472. The minimum atomic E-state index is -1.26. The quantitative estimate of drug-likeness (QED) is 0.0966. The SMILES string of the molecule is O=C(O)[C@H](Cc1c[nH]c2ccccc12)NC(=O)[C@H](Cc1ccccc1)NC(=O)[C@H](Cc1ccccc1)NC(=O)[C@@H]1Cc2c([nH]c3ccccc23)CN1. The minimum Gasteiger partial charge on any atom is -0.480 e. The molecular formula is C41H40N6O5. The van der Waals surface area contributed by atoms with E-state index in [1.165, 1.54) is 0 Å². The van der Waals surface area contributed by atoms with Crippen LogP contribution in [0.5, 0.6) is 0 Å². The molecule has 7 rings (SSSR count). The number of para-hydroxylation sites is 2. The second kappa shape index (κ2) is 15.4. The summed E-state index contributed by atoms with van der Waals surface area (Å²) in [7, 11) is 0. The Hall–Kier alpha value is -6.20. The van der Waals surface area contributed by atoms with Crippen molar-refractivity contribution in [2.75, 3.05) is 0 Å². The first-order valence-electron chi connectivity index (χ1n) is 17.4. The van der Waals surface area contributed by atoms with Crippen LogP contribution in [0, 0.1) is 0 Å². The van der Waals surface area contributed by atoms with E-state index >= 15 is 0 Å². The van der Waals surface area contributed by atoms with Gasteiger partial charge in [-0.15, -0.1) is 0 Å². The highest BCUT2D eigenvalue weighted by atomic mass is 16.4. The van der Waals surface area contributed by atoms with Crippen LogP contribution < -0.4 is 21.3 Å². The van der Waals surface area contributed by atoms with Gasteiger partial charge in [0.25, 0.3) is 0 Å². The average molecular weight is 697 g/mol. The molecule has 1 aliphatic heterocycles. The van der Waals surface area contributed by atoms with E-state index in [-0.39, 0.29) is 25.2 Å². The van der Waals surface area contributed by atoms with Crippen LogP contribution in [0.15, 0.2) is 115 Å². The Balaban J connectivity index is 1.11. The van der Waals surface area contributed by atoms with Crippen LogP contribution in [0.1, 0.15) is 27.9 Å². The number of carboxylic acids is 1. The molecule has 264 valence electrons. The third-order valence-electron chi connectivity index (χ3n) is 9.70. The van der Waals surface area contributed by atoms with Crippen molar-refractivity contribution in [1.82, 2.24) is 31.2 Å². The Morgan fingerprint density at radius 3 is 1.87 bits per heavy atom. The second-order valence-corrected chi connectivity index (χ2v) is 13.2. The van der Waals surface area contributed by atoms with Gasteiger partial charge in [-0.2, -0.15) is 0 Å². The van der Waals surface area contributed by atoms with Gasteiger partial charge >= 0.3 is 5.97 Å². The molecule has 2 aromatic heterocycles. The maximum atomic E-state index is 14.2. The van der Waals surface area contributed by atoms with Crippen LogP contribution in [0.3, 0.4) is 0 Å². The molecule has 0 unspecified atom stereocenters. The van der Waals surface area contributed by atoms with Gasteiger partial charge in [0.2, 0.25) is 17.7 Å². The summed E-state index contributed by atoms with van der Waals surface area (Å²) >= 11 is 0. The summed E-state index contributed by atoms with van der Waals surface area (Å²) < 4.78 is 0. The number of benzene rings is 4. The van der Waals surface area contributed by atoms with Gasteiger partial charge in [0.15, 0.2) is 0 Å². The lowest BCUT2D eigenvalue weighted by Gasteiger charge is -2.28. The van der Waals surface area contributed by atoms with Crippen molar-refractivity contribution in [2.24, 2.45) is 0 Å². The van der Waals surface area contributed by atoms with E-state index in [0.29, 0.717) is 13.0 Å². The van der Waals surface area contributed by atoms with Crippen molar-refractivity contribution < 1.29 is 24.3 Å². The molecule has 0 saturated carbocycles. The number of aromatic nitrogens is 2. The van der Waals surface area contributed by atoms with E-state index in [1.807, 2.05) is 109 Å². The maximum absolute atomic E-state index is 14.2. The van der Waals surface area contributed by atoms with E-state index in [0.717, 1.165) is 49.8 Å². The predicted octanol–water partition coefficient (Wildman–Crippen LogP) is 3.93.